The number of H-pyrrole nitrogens is 1. The SMILES string of the molecule is O=C(O)c1cc(-c2cccc(OC3CCSCC3)c2)n[nH]1. The lowest BCUT2D eigenvalue weighted by Gasteiger charge is -2.22. The van der Waals surface area contributed by atoms with E-state index in [2.05, 4.69) is 10.2 Å². The van der Waals surface area contributed by atoms with Gasteiger partial charge < -0.3 is 9.84 Å². The van der Waals surface area contributed by atoms with Gasteiger partial charge in [0.05, 0.1) is 5.69 Å². The van der Waals surface area contributed by atoms with E-state index in [4.69, 9.17) is 9.84 Å². The van der Waals surface area contributed by atoms with Crippen LogP contribution in [0.5, 0.6) is 5.75 Å². The Morgan fingerprint density at radius 3 is 2.86 bits per heavy atom. The molecule has 0 saturated carbocycles. The van der Waals surface area contributed by atoms with Gasteiger partial charge in [-0.3, -0.25) is 5.10 Å². The van der Waals surface area contributed by atoms with Gasteiger partial charge in [-0.15, -0.1) is 0 Å². The number of aromatic nitrogens is 2. The standard InChI is InChI=1S/C15H16N2O3S/c18-15(19)14-9-13(16-17-14)10-2-1-3-12(8-10)20-11-4-6-21-7-5-11/h1-3,8-9,11H,4-7H2,(H,16,17)(H,18,19). The molecule has 1 fully saturated rings. The third-order valence-corrected chi connectivity index (χ3v) is 4.46. The van der Waals surface area contributed by atoms with Crippen LogP contribution in [0, 0.1) is 0 Å². The zero-order valence-electron chi connectivity index (χ0n) is 11.4. The van der Waals surface area contributed by atoms with E-state index in [0.717, 1.165) is 35.7 Å². The molecule has 2 heterocycles. The fraction of sp³-hybridized carbons (Fsp3) is 0.333. The number of hydrogen-bond acceptors (Lipinski definition) is 4. The Kier molecular flexibility index (Phi) is 4.15. The summed E-state index contributed by atoms with van der Waals surface area (Å²) in [7, 11) is 0. The number of hydrogen-bond donors (Lipinski definition) is 2. The van der Waals surface area contributed by atoms with E-state index in [1.165, 1.54) is 6.07 Å². The quantitative estimate of drug-likeness (QED) is 0.908. The van der Waals surface area contributed by atoms with E-state index in [1.54, 1.807) is 0 Å². The molecule has 1 aliphatic heterocycles. The number of aromatic amines is 1. The number of thioether (sulfide) groups is 1. The molecular weight excluding hydrogens is 288 g/mol. The monoisotopic (exact) mass is 304 g/mol. The minimum absolute atomic E-state index is 0.0839. The van der Waals surface area contributed by atoms with E-state index < -0.39 is 5.97 Å². The average Bonchev–Trinajstić information content (AvgIpc) is 2.99. The van der Waals surface area contributed by atoms with Crippen molar-refractivity contribution in [2.24, 2.45) is 0 Å². The summed E-state index contributed by atoms with van der Waals surface area (Å²) < 4.78 is 6.00. The van der Waals surface area contributed by atoms with Crippen LogP contribution in [0.2, 0.25) is 0 Å². The first-order chi connectivity index (χ1) is 10.2. The van der Waals surface area contributed by atoms with Gasteiger partial charge in [-0.1, -0.05) is 12.1 Å². The maximum atomic E-state index is 10.9. The molecule has 0 aliphatic carbocycles. The lowest BCUT2D eigenvalue weighted by Crippen LogP contribution is -2.21. The Hall–Kier alpha value is -1.95. The van der Waals surface area contributed by atoms with E-state index in [1.807, 2.05) is 36.0 Å². The summed E-state index contributed by atoms with van der Waals surface area (Å²) >= 11 is 1.96. The van der Waals surface area contributed by atoms with E-state index in [-0.39, 0.29) is 11.8 Å². The Morgan fingerprint density at radius 1 is 1.33 bits per heavy atom. The first kappa shape index (κ1) is 14.0. The molecule has 0 atom stereocenters. The highest BCUT2D eigenvalue weighted by molar-refractivity contribution is 7.99. The first-order valence-corrected chi connectivity index (χ1v) is 8.01. The van der Waals surface area contributed by atoms with Crippen LogP contribution in [0.25, 0.3) is 11.3 Å². The topological polar surface area (TPSA) is 75.2 Å². The maximum Gasteiger partial charge on any atom is 0.353 e. The normalized spacial score (nSPS) is 15.8. The molecule has 0 amide bonds. The second kappa shape index (κ2) is 6.22. The minimum atomic E-state index is -1.01. The van der Waals surface area contributed by atoms with E-state index >= 15 is 0 Å². The molecule has 1 aromatic carbocycles. The predicted octanol–water partition coefficient (Wildman–Crippen LogP) is 3.05. The van der Waals surface area contributed by atoms with Crippen molar-refractivity contribution >= 4 is 17.7 Å². The van der Waals surface area contributed by atoms with Crippen LogP contribution < -0.4 is 4.74 Å². The summed E-state index contributed by atoms with van der Waals surface area (Å²) in [5, 5.41) is 15.5. The van der Waals surface area contributed by atoms with Gasteiger partial charge in [0.2, 0.25) is 0 Å². The van der Waals surface area contributed by atoms with Crippen LogP contribution in [-0.4, -0.2) is 38.9 Å². The van der Waals surface area contributed by atoms with Gasteiger partial charge in [-0.25, -0.2) is 4.79 Å². The van der Waals surface area contributed by atoms with Crippen molar-refractivity contribution < 1.29 is 14.6 Å². The number of carboxylic acids is 1. The zero-order chi connectivity index (χ0) is 14.7. The number of ether oxygens (including phenoxy) is 1. The summed E-state index contributed by atoms with van der Waals surface area (Å²) in [6.07, 6.45) is 2.41. The van der Waals surface area contributed by atoms with Gasteiger partial charge in [0.1, 0.15) is 17.5 Å². The largest absolute Gasteiger partial charge is 0.490 e. The van der Waals surface area contributed by atoms with Crippen LogP contribution in [0.1, 0.15) is 23.3 Å². The number of benzene rings is 1. The lowest BCUT2D eigenvalue weighted by molar-refractivity contribution is 0.0690. The summed E-state index contributed by atoms with van der Waals surface area (Å²) in [6, 6.07) is 9.15. The molecule has 0 bridgehead atoms. The zero-order valence-corrected chi connectivity index (χ0v) is 12.2. The molecule has 6 heteroatoms. The Bertz CT molecular complexity index is 635. The highest BCUT2D eigenvalue weighted by Gasteiger charge is 2.16. The van der Waals surface area contributed by atoms with E-state index in [0.29, 0.717) is 5.69 Å². The third-order valence-electron chi connectivity index (χ3n) is 3.41. The van der Waals surface area contributed by atoms with Crippen molar-refractivity contribution in [3.05, 3.63) is 36.0 Å². The summed E-state index contributed by atoms with van der Waals surface area (Å²) in [5.41, 5.74) is 1.54. The molecule has 1 saturated heterocycles. The number of nitrogens with one attached hydrogen (secondary N) is 1. The molecule has 0 radical (unpaired) electrons. The number of nitrogens with zero attached hydrogens (tertiary/aromatic N) is 1. The van der Waals surface area contributed by atoms with Crippen molar-refractivity contribution in [3.8, 4) is 17.0 Å². The predicted molar refractivity (Wildman–Crippen MR) is 82.0 cm³/mol. The van der Waals surface area contributed by atoms with Crippen molar-refractivity contribution in [1.29, 1.82) is 0 Å². The molecule has 5 nitrogen and oxygen atoms in total. The van der Waals surface area contributed by atoms with E-state index in [9.17, 15) is 4.79 Å². The number of rotatable bonds is 4. The highest BCUT2D eigenvalue weighted by atomic mass is 32.2. The Balaban J connectivity index is 1.76. The fourth-order valence-corrected chi connectivity index (χ4v) is 3.36. The van der Waals surface area contributed by atoms with Gasteiger partial charge in [0.15, 0.2) is 0 Å². The minimum Gasteiger partial charge on any atom is -0.490 e. The first-order valence-electron chi connectivity index (χ1n) is 6.86. The van der Waals surface area contributed by atoms with Crippen LogP contribution in [-0.2, 0) is 0 Å². The number of carboxylic acid groups (broad SMARTS) is 1. The molecule has 2 aromatic rings. The van der Waals surface area contributed by atoms with Crippen molar-refractivity contribution in [1.82, 2.24) is 10.2 Å². The summed E-state index contributed by atoms with van der Waals surface area (Å²) in [5.74, 6) is 2.09. The summed E-state index contributed by atoms with van der Waals surface area (Å²) in [6.45, 7) is 0. The molecule has 0 spiro atoms. The third kappa shape index (κ3) is 3.39. The molecule has 0 unspecified atom stereocenters. The molecule has 21 heavy (non-hydrogen) atoms. The second-order valence-electron chi connectivity index (χ2n) is 4.93. The summed E-state index contributed by atoms with van der Waals surface area (Å²) in [4.78, 5) is 10.9. The van der Waals surface area contributed by atoms with Gasteiger partial charge in [-0.2, -0.15) is 16.9 Å². The highest BCUT2D eigenvalue weighted by Crippen LogP contribution is 2.26. The van der Waals surface area contributed by atoms with Crippen molar-refractivity contribution in [2.75, 3.05) is 11.5 Å². The van der Waals surface area contributed by atoms with Crippen molar-refractivity contribution in [2.45, 2.75) is 18.9 Å². The number of aromatic carboxylic acids is 1. The van der Waals surface area contributed by atoms with Crippen LogP contribution in [0.3, 0.4) is 0 Å². The average molecular weight is 304 g/mol. The van der Waals surface area contributed by atoms with Gasteiger partial charge in [-0.05, 0) is 42.5 Å². The lowest BCUT2D eigenvalue weighted by atomic mass is 10.1. The Labute approximate surface area is 126 Å². The molecule has 1 aliphatic rings. The molecule has 1 aromatic heterocycles. The van der Waals surface area contributed by atoms with Gasteiger partial charge >= 0.3 is 5.97 Å². The van der Waals surface area contributed by atoms with Crippen LogP contribution >= 0.6 is 11.8 Å². The maximum absolute atomic E-state index is 10.9. The number of carbonyl (C=O) groups is 1. The Morgan fingerprint density at radius 2 is 2.14 bits per heavy atom. The molecule has 3 rings (SSSR count). The van der Waals surface area contributed by atoms with Crippen molar-refractivity contribution in [3.63, 3.8) is 0 Å². The van der Waals surface area contributed by atoms with Gasteiger partial charge in [0, 0.05) is 5.56 Å². The molecule has 110 valence electrons. The smallest absolute Gasteiger partial charge is 0.353 e. The van der Waals surface area contributed by atoms with Crippen LogP contribution in [0.15, 0.2) is 30.3 Å². The second-order valence-corrected chi connectivity index (χ2v) is 6.15. The fourth-order valence-electron chi connectivity index (χ4n) is 2.29. The molecular formula is C15H16N2O3S. The molecule has 2 N–H and O–H groups in total. The van der Waals surface area contributed by atoms with Gasteiger partial charge in [0.25, 0.3) is 0 Å². The van der Waals surface area contributed by atoms with Crippen LogP contribution in [0.4, 0.5) is 0 Å².